The molecule has 11 heteroatoms. The molecule has 1 aromatic heterocycles. The van der Waals surface area contributed by atoms with Gasteiger partial charge in [-0.2, -0.15) is 5.26 Å². The lowest BCUT2D eigenvalue weighted by atomic mass is 10.1. The molecule has 0 fully saturated rings. The van der Waals surface area contributed by atoms with Crippen LogP contribution in [0.2, 0.25) is 0 Å². The minimum atomic E-state index is -3.60. The van der Waals surface area contributed by atoms with Crippen LogP contribution in [0.3, 0.4) is 0 Å². The first kappa shape index (κ1) is 27.2. The van der Waals surface area contributed by atoms with E-state index in [2.05, 4.69) is 10.3 Å². The van der Waals surface area contributed by atoms with Gasteiger partial charge in [0.1, 0.15) is 5.75 Å². The Bertz CT molecular complexity index is 1580. The smallest absolute Gasteiger partial charge is 0.271 e. The first-order chi connectivity index (χ1) is 18.2. The molecule has 196 valence electrons. The van der Waals surface area contributed by atoms with Crippen molar-refractivity contribution in [2.75, 3.05) is 5.32 Å². The zero-order valence-corrected chi connectivity index (χ0v) is 22.2. The Morgan fingerprint density at radius 1 is 1.08 bits per heavy atom. The molecule has 3 N–H and O–H groups in total. The summed E-state index contributed by atoms with van der Waals surface area (Å²) >= 11 is 1.19. The van der Waals surface area contributed by atoms with Crippen LogP contribution < -0.4 is 10.1 Å². The molecule has 3 aromatic carbocycles. The second kappa shape index (κ2) is 11.3. The number of aliphatic hydroxyl groups is 2. The number of fused-ring (bicyclic) bond motifs is 1. The maximum Gasteiger partial charge on any atom is 0.271 e. The van der Waals surface area contributed by atoms with Crippen molar-refractivity contribution in [3.63, 3.8) is 0 Å². The number of aromatic nitrogens is 1. The fraction of sp³-hybridized carbons (Fsp3) is 0.222. The molecule has 9 nitrogen and oxygen atoms in total. The number of nitriles is 1. The van der Waals surface area contributed by atoms with Crippen LogP contribution >= 0.6 is 11.3 Å². The van der Waals surface area contributed by atoms with Gasteiger partial charge in [-0.15, -0.1) is 0 Å². The average Bonchev–Trinajstić information content (AvgIpc) is 3.31. The van der Waals surface area contributed by atoms with Crippen LogP contribution in [0.15, 0.2) is 65.6 Å². The van der Waals surface area contributed by atoms with Crippen LogP contribution in [0.4, 0.5) is 5.13 Å². The van der Waals surface area contributed by atoms with E-state index in [1.165, 1.54) is 23.5 Å². The molecule has 1 atom stereocenters. The summed E-state index contributed by atoms with van der Waals surface area (Å²) in [4.78, 5) is 18.0. The molecule has 38 heavy (non-hydrogen) atoms. The third-order valence-electron chi connectivity index (χ3n) is 5.87. The Morgan fingerprint density at radius 2 is 1.76 bits per heavy atom. The van der Waals surface area contributed by atoms with E-state index in [0.29, 0.717) is 38.2 Å². The lowest BCUT2D eigenvalue weighted by Gasteiger charge is -2.19. The number of ether oxygens (including phenoxy) is 1. The second-order valence-electron chi connectivity index (χ2n) is 8.71. The molecule has 4 rings (SSSR count). The highest BCUT2D eigenvalue weighted by atomic mass is 32.2. The third kappa shape index (κ3) is 5.69. The number of hydrogen-bond donors (Lipinski definition) is 3. The van der Waals surface area contributed by atoms with Crippen LogP contribution in [0.1, 0.15) is 42.2 Å². The van der Waals surface area contributed by atoms with Crippen LogP contribution in [0, 0.1) is 11.3 Å². The fourth-order valence-electron chi connectivity index (χ4n) is 3.72. The number of aliphatic hydroxyl groups excluding tert-OH is 2. The Balaban J connectivity index is 1.71. The Labute approximate surface area is 223 Å². The highest BCUT2D eigenvalue weighted by molar-refractivity contribution is 7.92. The number of amides is 1. The van der Waals surface area contributed by atoms with Crippen molar-refractivity contribution in [1.29, 1.82) is 5.26 Å². The summed E-state index contributed by atoms with van der Waals surface area (Å²) < 4.78 is 32.3. The topological polar surface area (TPSA) is 150 Å². The SMILES string of the molecule is CC(C)S(=O)(=O)c1cccc(C(Oc2ccc(C#N)cc2)C(=O)Nc2nc3cc(CO)c(CO)cc3s2)c1. The molecule has 0 saturated heterocycles. The summed E-state index contributed by atoms with van der Waals surface area (Å²) in [5.41, 5.74) is 2.38. The molecular formula is C27H25N3O6S2. The van der Waals surface area contributed by atoms with Gasteiger partial charge in [-0.1, -0.05) is 23.5 Å². The predicted molar refractivity (Wildman–Crippen MR) is 143 cm³/mol. The van der Waals surface area contributed by atoms with Gasteiger partial charge in [-0.25, -0.2) is 13.4 Å². The highest BCUT2D eigenvalue weighted by Crippen LogP contribution is 2.31. The standard InChI is InChI=1S/C27H25N3O6S2/c1-16(2)38(34,35)22-5-3-4-18(10-22)25(36-21-8-6-17(13-28)7-9-21)26(33)30-27-29-23-11-19(14-31)20(15-32)12-24(23)37-27/h3-12,16,25,31-32H,14-15H2,1-2H3,(H,29,30,33). The molecule has 4 aromatic rings. The van der Waals surface area contributed by atoms with Gasteiger partial charge in [0, 0.05) is 5.56 Å². The van der Waals surface area contributed by atoms with E-state index >= 15 is 0 Å². The zero-order valence-electron chi connectivity index (χ0n) is 20.6. The molecule has 0 spiro atoms. The fourth-order valence-corrected chi connectivity index (χ4v) is 5.75. The van der Waals surface area contributed by atoms with Crippen molar-refractivity contribution in [2.24, 2.45) is 0 Å². The molecule has 1 amide bonds. The van der Waals surface area contributed by atoms with Crippen LogP contribution in [0.25, 0.3) is 10.2 Å². The average molecular weight is 552 g/mol. The van der Waals surface area contributed by atoms with Crippen LogP contribution in [-0.4, -0.2) is 34.8 Å². The van der Waals surface area contributed by atoms with Crippen molar-refractivity contribution in [1.82, 2.24) is 4.98 Å². The van der Waals surface area contributed by atoms with Crippen molar-refractivity contribution in [3.8, 4) is 11.8 Å². The van der Waals surface area contributed by atoms with Gasteiger partial charge in [0.15, 0.2) is 15.0 Å². The van der Waals surface area contributed by atoms with Gasteiger partial charge in [-0.3, -0.25) is 10.1 Å². The van der Waals surface area contributed by atoms with E-state index in [1.807, 2.05) is 6.07 Å². The van der Waals surface area contributed by atoms with Gasteiger partial charge in [0.05, 0.1) is 45.2 Å². The molecule has 0 radical (unpaired) electrons. The molecular weight excluding hydrogens is 526 g/mol. The first-order valence-electron chi connectivity index (χ1n) is 11.6. The molecule has 1 heterocycles. The number of carbonyl (C=O) groups is 1. The maximum atomic E-state index is 13.5. The van der Waals surface area contributed by atoms with Gasteiger partial charge in [0.25, 0.3) is 5.91 Å². The number of anilines is 1. The van der Waals surface area contributed by atoms with Crippen molar-refractivity contribution < 1.29 is 28.2 Å². The molecule has 0 aliphatic heterocycles. The number of hydrogen-bond acceptors (Lipinski definition) is 9. The Kier molecular flexibility index (Phi) is 8.08. The quantitative estimate of drug-likeness (QED) is 0.282. The van der Waals surface area contributed by atoms with E-state index in [1.54, 1.807) is 62.4 Å². The van der Waals surface area contributed by atoms with Gasteiger partial charge < -0.3 is 14.9 Å². The van der Waals surface area contributed by atoms with Crippen molar-refractivity contribution in [3.05, 3.63) is 82.9 Å². The van der Waals surface area contributed by atoms with E-state index in [4.69, 9.17) is 10.00 Å². The summed E-state index contributed by atoms with van der Waals surface area (Å²) in [5.74, 6) is -0.275. The number of rotatable bonds is 9. The number of benzene rings is 3. The molecule has 0 aliphatic carbocycles. The van der Waals surface area contributed by atoms with E-state index < -0.39 is 27.1 Å². The van der Waals surface area contributed by atoms with Crippen molar-refractivity contribution in [2.45, 2.75) is 43.3 Å². The van der Waals surface area contributed by atoms with Gasteiger partial charge in [-0.05, 0) is 73.5 Å². The number of nitrogens with zero attached hydrogens (tertiary/aromatic N) is 2. The van der Waals surface area contributed by atoms with Crippen LogP contribution in [-0.2, 0) is 27.8 Å². The number of nitrogens with one attached hydrogen (secondary N) is 1. The monoisotopic (exact) mass is 551 g/mol. The lowest BCUT2D eigenvalue weighted by molar-refractivity contribution is -0.123. The molecule has 1 unspecified atom stereocenters. The predicted octanol–water partition coefficient (Wildman–Crippen LogP) is 4.09. The molecule has 0 bridgehead atoms. The Morgan fingerprint density at radius 3 is 2.39 bits per heavy atom. The maximum absolute atomic E-state index is 13.5. The summed E-state index contributed by atoms with van der Waals surface area (Å²) in [6.45, 7) is 2.65. The first-order valence-corrected chi connectivity index (χ1v) is 14.0. The molecule has 0 saturated carbocycles. The lowest BCUT2D eigenvalue weighted by Crippen LogP contribution is -2.26. The summed E-state index contributed by atoms with van der Waals surface area (Å²) in [7, 11) is -3.60. The van der Waals surface area contributed by atoms with E-state index in [0.717, 1.165) is 0 Å². The summed E-state index contributed by atoms with van der Waals surface area (Å²) in [6, 6.07) is 17.6. The van der Waals surface area contributed by atoms with Crippen LogP contribution in [0.5, 0.6) is 5.75 Å². The molecule has 0 aliphatic rings. The second-order valence-corrected chi connectivity index (χ2v) is 12.2. The Hall–Kier alpha value is -3.82. The number of carbonyl (C=O) groups excluding carboxylic acids is 1. The summed E-state index contributed by atoms with van der Waals surface area (Å²) in [6.07, 6.45) is -1.24. The third-order valence-corrected chi connectivity index (χ3v) is 8.95. The minimum Gasteiger partial charge on any atom is -0.476 e. The number of sulfone groups is 1. The van der Waals surface area contributed by atoms with Gasteiger partial charge >= 0.3 is 0 Å². The largest absolute Gasteiger partial charge is 0.476 e. The van der Waals surface area contributed by atoms with Crippen molar-refractivity contribution >= 4 is 42.4 Å². The normalized spacial score (nSPS) is 12.3. The number of thiazole rings is 1. The minimum absolute atomic E-state index is 0.0688. The zero-order chi connectivity index (χ0) is 27.4. The van der Waals surface area contributed by atoms with E-state index in [9.17, 15) is 23.4 Å². The van der Waals surface area contributed by atoms with E-state index in [-0.39, 0.29) is 23.2 Å². The summed E-state index contributed by atoms with van der Waals surface area (Å²) in [5, 5.41) is 30.6. The highest BCUT2D eigenvalue weighted by Gasteiger charge is 2.27. The van der Waals surface area contributed by atoms with Gasteiger partial charge in [0.2, 0.25) is 6.10 Å².